The topological polar surface area (TPSA) is 152 Å². The third kappa shape index (κ3) is 8.46. The van der Waals surface area contributed by atoms with Crippen LogP contribution in [0.4, 0.5) is 26.5 Å². The van der Waals surface area contributed by atoms with E-state index in [1.165, 1.54) is 12.3 Å². The minimum Gasteiger partial charge on any atom is -0.497 e. The highest BCUT2D eigenvalue weighted by molar-refractivity contribution is 5.96. The van der Waals surface area contributed by atoms with E-state index in [0.717, 1.165) is 18.4 Å². The van der Waals surface area contributed by atoms with Gasteiger partial charge < -0.3 is 35.6 Å². The number of primary amides is 1. The van der Waals surface area contributed by atoms with Crippen LogP contribution in [0.15, 0.2) is 48.7 Å². The number of nitrogens with two attached hydrogens (primary N) is 1. The SMILES string of the molecule is COc1ccc(C(=O)N[C@@H]2CCCN(c3cnc(C(N)=O)c(Nc4ccc(C5CCN(C(=O)OC(C)(C)C)CC5)cc4F)n3)C2)cc1. The number of amides is 3. The van der Waals surface area contributed by atoms with Crippen molar-refractivity contribution in [1.29, 1.82) is 0 Å². The molecule has 5 rings (SSSR count). The van der Waals surface area contributed by atoms with E-state index in [1.54, 1.807) is 42.3 Å². The Kier molecular flexibility index (Phi) is 10.1. The number of methoxy groups -OCH3 is 1. The number of hydrogen-bond donors (Lipinski definition) is 3. The first-order chi connectivity index (χ1) is 22.4. The fraction of sp³-hybridized carbons (Fsp3) is 0.441. The Balaban J connectivity index is 1.25. The van der Waals surface area contributed by atoms with Crippen molar-refractivity contribution < 1.29 is 28.2 Å². The highest BCUT2D eigenvalue weighted by atomic mass is 19.1. The molecule has 0 bridgehead atoms. The van der Waals surface area contributed by atoms with Crippen molar-refractivity contribution in [3.63, 3.8) is 0 Å². The lowest BCUT2D eigenvalue weighted by Gasteiger charge is -2.34. The number of nitrogens with zero attached hydrogens (tertiary/aromatic N) is 4. The van der Waals surface area contributed by atoms with Crippen molar-refractivity contribution in [3.8, 4) is 5.75 Å². The number of ether oxygens (including phenoxy) is 2. The smallest absolute Gasteiger partial charge is 0.410 e. The Morgan fingerprint density at radius 1 is 1.02 bits per heavy atom. The van der Waals surface area contributed by atoms with Gasteiger partial charge in [-0.25, -0.2) is 19.2 Å². The van der Waals surface area contributed by atoms with Gasteiger partial charge in [-0.2, -0.15) is 0 Å². The van der Waals surface area contributed by atoms with Crippen molar-refractivity contribution in [2.24, 2.45) is 5.73 Å². The van der Waals surface area contributed by atoms with Crippen molar-refractivity contribution in [2.75, 3.05) is 43.5 Å². The van der Waals surface area contributed by atoms with Crippen LogP contribution in [0.25, 0.3) is 0 Å². The lowest BCUT2D eigenvalue weighted by molar-refractivity contribution is 0.0204. The molecule has 3 amide bonds. The van der Waals surface area contributed by atoms with E-state index >= 15 is 4.39 Å². The second-order valence-corrected chi connectivity index (χ2v) is 12.9. The number of nitrogens with one attached hydrogen (secondary N) is 2. The Morgan fingerprint density at radius 3 is 2.38 bits per heavy atom. The largest absolute Gasteiger partial charge is 0.497 e. The summed E-state index contributed by atoms with van der Waals surface area (Å²) in [6, 6.07) is 11.7. The van der Waals surface area contributed by atoms with Gasteiger partial charge in [0.15, 0.2) is 11.5 Å². The average molecular weight is 648 g/mol. The summed E-state index contributed by atoms with van der Waals surface area (Å²) in [4.78, 5) is 50.0. The molecule has 2 fully saturated rings. The third-order valence-corrected chi connectivity index (χ3v) is 8.29. The second kappa shape index (κ2) is 14.2. The van der Waals surface area contributed by atoms with Gasteiger partial charge in [-0.3, -0.25) is 9.59 Å². The van der Waals surface area contributed by atoms with Gasteiger partial charge >= 0.3 is 6.09 Å². The van der Waals surface area contributed by atoms with Crippen LogP contribution in [0.5, 0.6) is 5.75 Å². The Bertz CT molecular complexity index is 1600. The Morgan fingerprint density at radius 2 is 1.74 bits per heavy atom. The first kappa shape index (κ1) is 33.4. The summed E-state index contributed by atoms with van der Waals surface area (Å²) in [5, 5.41) is 6.00. The maximum Gasteiger partial charge on any atom is 0.410 e. The fourth-order valence-electron chi connectivity index (χ4n) is 5.85. The molecule has 13 heteroatoms. The van der Waals surface area contributed by atoms with Crippen LogP contribution in [-0.4, -0.2) is 77.7 Å². The van der Waals surface area contributed by atoms with Crippen LogP contribution >= 0.6 is 0 Å². The molecule has 2 aromatic carbocycles. The van der Waals surface area contributed by atoms with Gasteiger partial charge in [0.05, 0.1) is 19.0 Å². The number of hydrogen-bond acceptors (Lipinski definition) is 9. The van der Waals surface area contributed by atoms with Crippen molar-refractivity contribution in [1.82, 2.24) is 20.2 Å². The zero-order chi connectivity index (χ0) is 33.7. The monoisotopic (exact) mass is 647 g/mol. The number of rotatable bonds is 8. The Labute approximate surface area is 273 Å². The van der Waals surface area contributed by atoms with E-state index in [0.29, 0.717) is 56.2 Å². The average Bonchev–Trinajstić information content (AvgIpc) is 3.05. The molecule has 4 N–H and O–H groups in total. The lowest BCUT2D eigenvalue weighted by atomic mass is 9.89. The molecule has 1 atom stereocenters. The van der Waals surface area contributed by atoms with Crippen LogP contribution in [0.1, 0.15) is 78.8 Å². The van der Waals surface area contributed by atoms with Crippen molar-refractivity contribution in [2.45, 2.75) is 64.0 Å². The number of benzene rings is 2. The minimum atomic E-state index is -0.802. The maximum atomic E-state index is 15.5. The quantitative estimate of drug-likeness (QED) is 0.307. The molecule has 47 heavy (non-hydrogen) atoms. The Hall–Kier alpha value is -4.94. The molecule has 2 saturated heterocycles. The van der Waals surface area contributed by atoms with E-state index in [2.05, 4.69) is 20.6 Å². The standard InChI is InChI=1S/C34H42FN7O5/c1-34(2,3)47-33(45)41-16-13-21(14-17-41)23-9-12-27(26(35)18-23)39-31-29(30(36)43)37-19-28(40-31)42-15-5-6-24(20-42)38-32(44)22-7-10-25(46-4)11-8-22/h7-12,18-19,21,24H,5-6,13-17,20H2,1-4H3,(H2,36,43)(H,38,44)(H,39,40)/t24-/m1/s1. The van der Waals surface area contributed by atoms with E-state index in [1.807, 2.05) is 31.7 Å². The number of carbonyl (C=O) groups excluding carboxylic acids is 3. The predicted octanol–water partition coefficient (Wildman–Crippen LogP) is 4.98. The number of anilines is 3. The van der Waals surface area contributed by atoms with Gasteiger partial charge in [0.25, 0.3) is 11.8 Å². The highest BCUT2D eigenvalue weighted by Crippen LogP contribution is 2.32. The molecule has 0 spiro atoms. The van der Waals surface area contributed by atoms with Gasteiger partial charge in [-0.15, -0.1) is 0 Å². The van der Waals surface area contributed by atoms with E-state index in [9.17, 15) is 14.4 Å². The first-order valence-corrected chi connectivity index (χ1v) is 15.8. The summed E-state index contributed by atoms with van der Waals surface area (Å²) in [5.41, 5.74) is 6.38. The van der Waals surface area contributed by atoms with Crippen LogP contribution in [0, 0.1) is 5.82 Å². The predicted molar refractivity (Wildman–Crippen MR) is 176 cm³/mol. The summed E-state index contributed by atoms with van der Waals surface area (Å²) in [6.45, 7) is 7.68. The second-order valence-electron chi connectivity index (χ2n) is 12.9. The number of likely N-dealkylation sites (tertiary alicyclic amines) is 1. The summed E-state index contributed by atoms with van der Waals surface area (Å²) >= 11 is 0. The molecule has 2 aliphatic heterocycles. The first-order valence-electron chi connectivity index (χ1n) is 15.8. The molecule has 12 nitrogen and oxygen atoms in total. The zero-order valence-electron chi connectivity index (χ0n) is 27.2. The highest BCUT2D eigenvalue weighted by Gasteiger charge is 2.29. The van der Waals surface area contributed by atoms with E-state index < -0.39 is 17.3 Å². The van der Waals surface area contributed by atoms with E-state index in [4.69, 9.17) is 15.2 Å². The van der Waals surface area contributed by atoms with Crippen molar-refractivity contribution in [3.05, 3.63) is 71.3 Å². The molecule has 1 aromatic heterocycles. The normalized spacial score (nSPS) is 17.2. The van der Waals surface area contributed by atoms with Crippen LogP contribution in [0.3, 0.4) is 0 Å². The third-order valence-electron chi connectivity index (χ3n) is 8.29. The number of halogens is 1. The number of piperidine rings is 2. The molecular weight excluding hydrogens is 605 g/mol. The lowest BCUT2D eigenvalue weighted by Crippen LogP contribution is -2.48. The summed E-state index contributed by atoms with van der Waals surface area (Å²) in [5.74, 6) is -0.252. The molecular formula is C34H42FN7O5. The van der Waals surface area contributed by atoms with Crippen LogP contribution in [0.2, 0.25) is 0 Å². The van der Waals surface area contributed by atoms with Gasteiger partial charge in [0, 0.05) is 37.8 Å². The van der Waals surface area contributed by atoms with Crippen LogP contribution in [-0.2, 0) is 4.74 Å². The summed E-state index contributed by atoms with van der Waals surface area (Å²) in [6.07, 6.45) is 4.07. The molecule has 250 valence electrons. The van der Waals surface area contributed by atoms with Crippen LogP contribution < -0.4 is 26.0 Å². The van der Waals surface area contributed by atoms with Gasteiger partial charge in [0.1, 0.15) is 23.0 Å². The zero-order valence-corrected chi connectivity index (χ0v) is 27.2. The summed E-state index contributed by atoms with van der Waals surface area (Å²) in [7, 11) is 1.57. The molecule has 0 saturated carbocycles. The van der Waals surface area contributed by atoms with Gasteiger partial charge in [0.2, 0.25) is 0 Å². The van der Waals surface area contributed by atoms with Gasteiger partial charge in [-0.05, 0) is 94.3 Å². The molecule has 0 unspecified atom stereocenters. The van der Waals surface area contributed by atoms with Gasteiger partial charge in [-0.1, -0.05) is 6.07 Å². The molecule has 0 aliphatic carbocycles. The molecule has 0 radical (unpaired) electrons. The fourth-order valence-corrected chi connectivity index (χ4v) is 5.85. The maximum absolute atomic E-state index is 15.5. The van der Waals surface area contributed by atoms with Crippen molar-refractivity contribution >= 4 is 35.2 Å². The number of aromatic nitrogens is 2. The molecule has 2 aliphatic rings. The molecule has 3 heterocycles. The minimum absolute atomic E-state index is 0.0386. The number of carbonyl (C=O) groups is 3. The van der Waals surface area contributed by atoms with E-state index in [-0.39, 0.29) is 41.2 Å². The summed E-state index contributed by atoms with van der Waals surface area (Å²) < 4.78 is 26.1. The molecule has 3 aromatic rings.